The van der Waals surface area contributed by atoms with E-state index in [1.807, 2.05) is 6.92 Å². The number of esters is 1. The second-order valence-corrected chi connectivity index (χ2v) is 6.29. The Bertz CT molecular complexity index is 649. The maximum absolute atomic E-state index is 11.4. The van der Waals surface area contributed by atoms with Crippen LogP contribution in [-0.4, -0.2) is 12.6 Å². The molecule has 0 aromatic heterocycles. The van der Waals surface area contributed by atoms with Crippen molar-refractivity contribution in [3.8, 4) is 0 Å². The number of rotatable bonds is 7. The van der Waals surface area contributed by atoms with Crippen LogP contribution in [0, 0.1) is 5.92 Å². The molecule has 1 unspecified atom stereocenters. The molecule has 3 rings (SSSR count). The third-order valence-electron chi connectivity index (χ3n) is 4.78. The smallest absolute Gasteiger partial charge is 0.306 e. The van der Waals surface area contributed by atoms with Crippen LogP contribution in [0.15, 0.2) is 72.8 Å². The Balaban J connectivity index is 1.72. The Labute approximate surface area is 144 Å². The van der Waals surface area contributed by atoms with Gasteiger partial charge in [-0.3, -0.25) is 4.79 Å². The van der Waals surface area contributed by atoms with Crippen LogP contribution >= 0.6 is 0 Å². The quantitative estimate of drug-likeness (QED) is 0.536. The van der Waals surface area contributed by atoms with Crippen molar-refractivity contribution in [3.63, 3.8) is 0 Å². The second-order valence-electron chi connectivity index (χ2n) is 6.29. The minimum absolute atomic E-state index is 0.0863. The van der Waals surface area contributed by atoms with E-state index in [9.17, 15) is 4.79 Å². The third-order valence-corrected chi connectivity index (χ3v) is 4.78. The van der Waals surface area contributed by atoms with Gasteiger partial charge < -0.3 is 4.74 Å². The van der Waals surface area contributed by atoms with Crippen LogP contribution in [0.25, 0.3) is 0 Å². The van der Waals surface area contributed by atoms with Crippen LogP contribution in [0.1, 0.15) is 37.3 Å². The molecule has 0 spiro atoms. The van der Waals surface area contributed by atoms with Crippen LogP contribution in [-0.2, 0) is 14.9 Å². The molecule has 1 aliphatic rings. The van der Waals surface area contributed by atoms with Gasteiger partial charge in [-0.05, 0) is 36.8 Å². The van der Waals surface area contributed by atoms with Gasteiger partial charge in [0.15, 0.2) is 0 Å². The lowest BCUT2D eigenvalue weighted by Gasteiger charge is -2.18. The molecule has 0 aliphatic heterocycles. The Kier molecular flexibility index (Phi) is 5.14. The van der Waals surface area contributed by atoms with Gasteiger partial charge in [-0.1, -0.05) is 72.8 Å². The molecule has 24 heavy (non-hydrogen) atoms. The van der Waals surface area contributed by atoms with E-state index in [0.29, 0.717) is 18.9 Å². The number of benzene rings is 2. The molecule has 0 amide bonds. The number of ether oxygens (including phenoxy) is 1. The zero-order valence-corrected chi connectivity index (χ0v) is 14.2. The zero-order valence-electron chi connectivity index (χ0n) is 14.2. The molecular formula is C22H24O2. The van der Waals surface area contributed by atoms with Gasteiger partial charge in [0.2, 0.25) is 0 Å². The summed E-state index contributed by atoms with van der Waals surface area (Å²) in [6.07, 6.45) is 6.74. The molecule has 1 fully saturated rings. The van der Waals surface area contributed by atoms with Gasteiger partial charge in [0.05, 0.1) is 6.61 Å². The van der Waals surface area contributed by atoms with Gasteiger partial charge in [0, 0.05) is 11.8 Å². The first kappa shape index (κ1) is 16.5. The van der Waals surface area contributed by atoms with Crippen molar-refractivity contribution in [2.75, 3.05) is 6.61 Å². The largest absolute Gasteiger partial charge is 0.466 e. The minimum atomic E-state index is -0.115. The summed E-state index contributed by atoms with van der Waals surface area (Å²) in [7, 11) is 0. The lowest BCUT2D eigenvalue weighted by Crippen LogP contribution is -2.11. The molecular weight excluding hydrogens is 296 g/mol. The topological polar surface area (TPSA) is 26.3 Å². The van der Waals surface area contributed by atoms with Crippen LogP contribution < -0.4 is 0 Å². The summed E-state index contributed by atoms with van der Waals surface area (Å²) in [4.78, 5) is 11.4. The summed E-state index contributed by atoms with van der Waals surface area (Å²) in [5, 5.41) is 0. The Morgan fingerprint density at radius 3 is 2.21 bits per heavy atom. The summed E-state index contributed by atoms with van der Waals surface area (Å²) in [6, 6.07) is 21.5. The zero-order chi connectivity index (χ0) is 16.8. The molecule has 124 valence electrons. The van der Waals surface area contributed by atoms with Gasteiger partial charge in [-0.2, -0.15) is 0 Å². The highest BCUT2D eigenvalue weighted by Crippen LogP contribution is 2.59. The first-order valence-corrected chi connectivity index (χ1v) is 8.70. The molecule has 1 atom stereocenters. The summed E-state index contributed by atoms with van der Waals surface area (Å²) in [5.74, 6) is 0.375. The lowest BCUT2D eigenvalue weighted by atomic mass is 9.85. The normalized spacial score (nSPS) is 18.5. The molecule has 2 heteroatoms. The molecule has 2 aromatic carbocycles. The number of carbonyl (C=O) groups is 1. The van der Waals surface area contributed by atoms with E-state index in [1.165, 1.54) is 11.1 Å². The van der Waals surface area contributed by atoms with Crippen molar-refractivity contribution in [3.05, 3.63) is 83.9 Å². The average molecular weight is 320 g/mol. The maximum Gasteiger partial charge on any atom is 0.306 e. The highest BCUT2D eigenvalue weighted by atomic mass is 16.5. The Morgan fingerprint density at radius 2 is 1.67 bits per heavy atom. The highest BCUT2D eigenvalue weighted by Gasteiger charge is 2.54. The van der Waals surface area contributed by atoms with Crippen molar-refractivity contribution in [2.45, 2.75) is 31.6 Å². The first-order valence-electron chi connectivity index (χ1n) is 8.70. The SMILES string of the molecule is CCOC(=O)CCC=CC1CC1(c1ccccc1)c1ccccc1. The second kappa shape index (κ2) is 7.48. The predicted octanol–water partition coefficient (Wildman–Crippen LogP) is 4.89. The van der Waals surface area contributed by atoms with Crippen molar-refractivity contribution in [2.24, 2.45) is 5.92 Å². The standard InChI is InChI=1S/C22H24O2/c1-2-24-21(23)16-10-9-15-20-17-22(20,18-11-5-3-6-12-18)19-13-7-4-8-14-19/h3-9,11-15,20H,2,10,16-17H2,1H3. The number of carbonyl (C=O) groups excluding carboxylic acids is 1. The highest BCUT2D eigenvalue weighted by molar-refractivity contribution is 5.69. The molecule has 0 bridgehead atoms. The van der Waals surface area contributed by atoms with E-state index in [1.54, 1.807) is 0 Å². The first-order chi connectivity index (χ1) is 11.8. The van der Waals surface area contributed by atoms with E-state index < -0.39 is 0 Å². The molecule has 0 radical (unpaired) electrons. The predicted molar refractivity (Wildman–Crippen MR) is 96.8 cm³/mol. The molecule has 2 nitrogen and oxygen atoms in total. The molecule has 1 aliphatic carbocycles. The summed E-state index contributed by atoms with van der Waals surface area (Å²) >= 11 is 0. The summed E-state index contributed by atoms with van der Waals surface area (Å²) < 4.78 is 4.97. The molecule has 1 saturated carbocycles. The van der Waals surface area contributed by atoms with Crippen LogP contribution in [0.2, 0.25) is 0 Å². The van der Waals surface area contributed by atoms with Gasteiger partial charge in [-0.25, -0.2) is 0 Å². The molecule has 2 aromatic rings. The third kappa shape index (κ3) is 3.43. The van der Waals surface area contributed by atoms with E-state index in [-0.39, 0.29) is 11.4 Å². The summed E-state index contributed by atoms with van der Waals surface area (Å²) in [5.41, 5.74) is 2.83. The fourth-order valence-corrected chi connectivity index (χ4v) is 3.52. The average Bonchev–Trinajstić information content (AvgIpc) is 3.36. The molecule has 0 saturated heterocycles. The van der Waals surface area contributed by atoms with Crippen molar-refractivity contribution < 1.29 is 9.53 Å². The van der Waals surface area contributed by atoms with E-state index >= 15 is 0 Å². The Morgan fingerprint density at radius 1 is 1.08 bits per heavy atom. The number of allylic oxidation sites excluding steroid dienone is 2. The lowest BCUT2D eigenvalue weighted by molar-refractivity contribution is -0.142. The van der Waals surface area contributed by atoms with Crippen LogP contribution in [0.4, 0.5) is 0 Å². The van der Waals surface area contributed by atoms with Crippen LogP contribution in [0.3, 0.4) is 0 Å². The van der Waals surface area contributed by atoms with E-state index in [2.05, 4.69) is 72.8 Å². The van der Waals surface area contributed by atoms with Crippen molar-refractivity contribution in [1.29, 1.82) is 0 Å². The van der Waals surface area contributed by atoms with Gasteiger partial charge >= 0.3 is 5.97 Å². The van der Waals surface area contributed by atoms with Gasteiger partial charge in [0.25, 0.3) is 0 Å². The maximum atomic E-state index is 11.4. The van der Waals surface area contributed by atoms with E-state index in [0.717, 1.165) is 12.8 Å². The molecule has 0 heterocycles. The van der Waals surface area contributed by atoms with Crippen molar-refractivity contribution >= 4 is 5.97 Å². The van der Waals surface area contributed by atoms with Crippen LogP contribution in [0.5, 0.6) is 0 Å². The minimum Gasteiger partial charge on any atom is -0.466 e. The van der Waals surface area contributed by atoms with Gasteiger partial charge in [0.1, 0.15) is 0 Å². The van der Waals surface area contributed by atoms with Crippen molar-refractivity contribution in [1.82, 2.24) is 0 Å². The monoisotopic (exact) mass is 320 g/mol. The molecule has 0 N–H and O–H groups in total. The van der Waals surface area contributed by atoms with E-state index in [4.69, 9.17) is 4.74 Å². The number of hydrogen-bond acceptors (Lipinski definition) is 2. The van der Waals surface area contributed by atoms with Gasteiger partial charge in [-0.15, -0.1) is 0 Å². The Hall–Kier alpha value is -2.35. The number of hydrogen-bond donors (Lipinski definition) is 0. The fourth-order valence-electron chi connectivity index (χ4n) is 3.52. The fraction of sp³-hybridized carbons (Fsp3) is 0.318. The summed E-state index contributed by atoms with van der Waals surface area (Å²) in [6.45, 7) is 2.29.